The number of methoxy groups -OCH3 is 2. The molecule has 2 unspecified atom stereocenters. The van der Waals surface area contributed by atoms with Crippen LogP contribution >= 0.6 is 24.0 Å². The van der Waals surface area contributed by atoms with Crippen LogP contribution in [-0.2, 0) is 10.0 Å². The molecule has 132 valence electrons. The average Bonchev–Trinajstić information content (AvgIpc) is 2.48. The third-order valence-electron chi connectivity index (χ3n) is 3.80. The number of benzene rings is 1. The van der Waals surface area contributed by atoms with E-state index in [0.29, 0.717) is 11.5 Å². The van der Waals surface area contributed by atoms with Crippen molar-refractivity contribution in [3.8, 4) is 11.5 Å². The maximum absolute atomic E-state index is 12.6. The first-order valence-corrected chi connectivity index (χ1v) is 8.92. The first kappa shape index (κ1) is 20.3. The number of ether oxygens (including phenoxy) is 2. The van der Waals surface area contributed by atoms with Crippen LogP contribution in [0.2, 0.25) is 5.02 Å². The van der Waals surface area contributed by atoms with Gasteiger partial charge in [0.2, 0.25) is 10.0 Å². The minimum atomic E-state index is -3.74. The van der Waals surface area contributed by atoms with Crippen molar-refractivity contribution in [1.29, 1.82) is 0 Å². The van der Waals surface area contributed by atoms with Gasteiger partial charge in [-0.05, 0) is 26.3 Å². The third kappa shape index (κ3) is 4.64. The van der Waals surface area contributed by atoms with Crippen molar-refractivity contribution >= 4 is 34.0 Å². The Labute approximate surface area is 148 Å². The Kier molecular flexibility index (Phi) is 7.41. The molecule has 2 atom stereocenters. The quantitative estimate of drug-likeness (QED) is 0.813. The van der Waals surface area contributed by atoms with E-state index in [2.05, 4.69) is 10.0 Å². The first-order chi connectivity index (χ1) is 10.4. The van der Waals surface area contributed by atoms with Gasteiger partial charge in [0, 0.05) is 24.2 Å². The molecule has 0 saturated carbocycles. The molecule has 23 heavy (non-hydrogen) atoms. The molecule has 0 aromatic heterocycles. The Morgan fingerprint density at radius 2 is 1.87 bits per heavy atom. The molecular weight excluding hydrogens is 363 g/mol. The lowest BCUT2D eigenvalue weighted by molar-refractivity contribution is 0.347. The van der Waals surface area contributed by atoms with E-state index in [0.717, 1.165) is 19.4 Å². The Hall–Kier alpha value is -0.730. The summed E-state index contributed by atoms with van der Waals surface area (Å²) >= 11 is 6.11. The Morgan fingerprint density at radius 3 is 2.43 bits per heavy atom. The number of halogens is 2. The molecule has 1 aromatic rings. The van der Waals surface area contributed by atoms with E-state index >= 15 is 0 Å². The Bertz CT molecular complexity index is 640. The maximum atomic E-state index is 12.6. The van der Waals surface area contributed by atoms with E-state index < -0.39 is 10.0 Å². The van der Waals surface area contributed by atoms with Crippen LogP contribution in [-0.4, -0.2) is 41.3 Å². The standard InChI is InChI=1S/C14H21ClN2O4S.ClH/c1-9-11(5-4-6-16-9)17-22(18,19)14-8-13(21-3)12(20-2)7-10(14)15;/h7-9,11,16-17H,4-6H2,1-3H3;1H. The summed E-state index contributed by atoms with van der Waals surface area (Å²) in [6.45, 7) is 2.86. The van der Waals surface area contributed by atoms with Gasteiger partial charge in [-0.25, -0.2) is 13.1 Å². The van der Waals surface area contributed by atoms with Crippen LogP contribution < -0.4 is 19.5 Å². The molecule has 1 aliphatic rings. The van der Waals surface area contributed by atoms with Gasteiger partial charge in [0.15, 0.2) is 11.5 Å². The van der Waals surface area contributed by atoms with E-state index in [-0.39, 0.29) is 34.4 Å². The van der Waals surface area contributed by atoms with Crippen LogP contribution in [0.15, 0.2) is 17.0 Å². The van der Waals surface area contributed by atoms with Crippen LogP contribution in [0.5, 0.6) is 11.5 Å². The highest BCUT2D eigenvalue weighted by Crippen LogP contribution is 2.35. The monoisotopic (exact) mass is 384 g/mol. The summed E-state index contributed by atoms with van der Waals surface area (Å²) in [5.74, 6) is 0.709. The molecule has 0 radical (unpaired) electrons. The Balaban J connectivity index is 0.00000264. The smallest absolute Gasteiger partial charge is 0.242 e. The van der Waals surface area contributed by atoms with Crippen LogP contribution in [0, 0.1) is 0 Å². The molecule has 2 rings (SSSR count). The molecule has 6 nitrogen and oxygen atoms in total. The summed E-state index contributed by atoms with van der Waals surface area (Å²) in [5, 5.41) is 3.36. The fraction of sp³-hybridized carbons (Fsp3) is 0.571. The number of sulfonamides is 1. The number of piperidine rings is 1. The molecule has 0 aliphatic carbocycles. The minimum Gasteiger partial charge on any atom is -0.493 e. The van der Waals surface area contributed by atoms with Gasteiger partial charge in [-0.15, -0.1) is 12.4 Å². The highest BCUT2D eigenvalue weighted by atomic mass is 35.5. The van der Waals surface area contributed by atoms with Crippen molar-refractivity contribution in [3.63, 3.8) is 0 Å². The highest BCUT2D eigenvalue weighted by Gasteiger charge is 2.28. The number of hydrogen-bond donors (Lipinski definition) is 2. The van der Waals surface area contributed by atoms with E-state index in [1.165, 1.54) is 26.4 Å². The molecule has 2 N–H and O–H groups in total. The SMILES string of the molecule is COc1cc(Cl)c(S(=O)(=O)NC2CCCNC2C)cc1OC.Cl. The van der Waals surface area contributed by atoms with Crippen molar-refractivity contribution in [1.82, 2.24) is 10.0 Å². The summed E-state index contributed by atoms with van der Waals surface area (Å²) < 4.78 is 38.2. The summed E-state index contributed by atoms with van der Waals surface area (Å²) in [4.78, 5) is -0.00964. The molecule has 9 heteroatoms. The molecular formula is C14H22Cl2N2O4S. The first-order valence-electron chi connectivity index (χ1n) is 7.06. The van der Waals surface area contributed by atoms with Gasteiger partial charge < -0.3 is 14.8 Å². The molecule has 1 saturated heterocycles. The second-order valence-corrected chi connectivity index (χ2v) is 7.34. The van der Waals surface area contributed by atoms with Gasteiger partial charge in [-0.3, -0.25) is 0 Å². The van der Waals surface area contributed by atoms with Gasteiger partial charge in [0.05, 0.1) is 19.2 Å². The summed E-state index contributed by atoms with van der Waals surface area (Å²) in [6, 6.07) is 2.73. The minimum absolute atomic E-state index is 0. The van der Waals surface area contributed by atoms with Gasteiger partial charge in [0.25, 0.3) is 0 Å². The molecule has 1 aromatic carbocycles. The largest absolute Gasteiger partial charge is 0.493 e. The lowest BCUT2D eigenvalue weighted by Gasteiger charge is -2.30. The molecule has 1 aliphatic heterocycles. The van der Waals surface area contributed by atoms with E-state index in [1.807, 2.05) is 6.92 Å². The second-order valence-electron chi connectivity index (χ2n) is 5.25. The second kappa shape index (κ2) is 8.39. The van der Waals surface area contributed by atoms with Crippen LogP contribution in [0.3, 0.4) is 0 Å². The number of nitrogens with one attached hydrogen (secondary N) is 2. The zero-order chi connectivity index (χ0) is 16.3. The van der Waals surface area contributed by atoms with Crippen molar-refractivity contribution in [2.75, 3.05) is 20.8 Å². The third-order valence-corrected chi connectivity index (χ3v) is 5.75. The van der Waals surface area contributed by atoms with Crippen molar-refractivity contribution in [2.45, 2.75) is 36.7 Å². The normalized spacial score (nSPS) is 21.4. The lowest BCUT2D eigenvalue weighted by Crippen LogP contribution is -2.51. The summed E-state index contributed by atoms with van der Waals surface area (Å²) in [7, 11) is -0.823. The highest BCUT2D eigenvalue weighted by molar-refractivity contribution is 7.89. The predicted molar refractivity (Wildman–Crippen MR) is 92.6 cm³/mol. The summed E-state index contributed by atoms with van der Waals surface area (Å²) in [6.07, 6.45) is 1.72. The topological polar surface area (TPSA) is 76.7 Å². The van der Waals surface area contributed by atoms with E-state index in [9.17, 15) is 8.42 Å². The van der Waals surface area contributed by atoms with E-state index in [4.69, 9.17) is 21.1 Å². The molecule has 0 bridgehead atoms. The van der Waals surface area contributed by atoms with Gasteiger partial charge in [-0.1, -0.05) is 11.6 Å². The van der Waals surface area contributed by atoms with Crippen LogP contribution in [0.4, 0.5) is 0 Å². The fourth-order valence-electron chi connectivity index (χ4n) is 2.51. The molecule has 0 spiro atoms. The number of rotatable bonds is 5. The molecule has 0 amide bonds. The number of hydrogen-bond acceptors (Lipinski definition) is 5. The van der Waals surface area contributed by atoms with E-state index in [1.54, 1.807) is 0 Å². The fourth-order valence-corrected chi connectivity index (χ4v) is 4.39. The maximum Gasteiger partial charge on any atom is 0.242 e. The van der Waals surface area contributed by atoms with Gasteiger partial charge >= 0.3 is 0 Å². The Morgan fingerprint density at radius 1 is 1.26 bits per heavy atom. The zero-order valence-electron chi connectivity index (χ0n) is 13.3. The molecule has 1 fully saturated rings. The zero-order valence-corrected chi connectivity index (χ0v) is 15.6. The van der Waals surface area contributed by atoms with Crippen LogP contribution in [0.25, 0.3) is 0 Å². The summed E-state index contributed by atoms with van der Waals surface area (Å²) in [5.41, 5.74) is 0. The van der Waals surface area contributed by atoms with Crippen molar-refractivity contribution in [2.24, 2.45) is 0 Å². The predicted octanol–water partition coefficient (Wildman–Crippen LogP) is 2.20. The van der Waals surface area contributed by atoms with Crippen molar-refractivity contribution < 1.29 is 17.9 Å². The van der Waals surface area contributed by atoms with Crippen molar-refractivity contribution in [3.05, 3.63) is 17.2 Å². The molecule has 1 heterocycles. The average molecular weight is 385 g/mol. The lowest BCUT2D eigenvalue weighted by atomic mass is 10.0. The van der Waals surface area contributed by atoms with Gasteiger partial charge in [0.1, 0.15) is 4.90 Å². The van der Waals surface area contributed by atoms with Gasteiger partial charge in [-0.2, -0.15) is 0 Å². The van der Waals surface area contributed by atoms with Crippen LogP contribution in [0.1, 0.15) is 19.8 Å².